The Bertz CT molecular complexity index is 580. The standard InChI is InChI=1S/C13H13N3O3/c1-13(11(17)18,10-5-3-2-4-6-10)15-12(19)16-8-7-14-9-16/h2-9H,1H3,(H,15,19)(H,17,18)/t13-/m1/s1. The van der Waals surface area contributed by atoms with Crippen molar-refractivity contribution in [3.8, 4) is 0 Å². The van der Waals surface area contributed by atoms with Crippen molar-refractivity contribution in [3.05, 3.63) is 54.6 Å². The van der Waals surface area contributed by atoms with E-state index in [1.165, 1.54) is 30.2 Å². The maximum atomic E-state index is 11.9. The highest BCUT2D eigenvalue weighted by Gasteiger charge is 2.37. The number of aliphatic carboxylic acids is 1. The zero-order valence-electron chi connectivity index (χ0n) is 10.3. The van der Waals surface area contributed by atoms with E-state index in [1.807, 2.05) is 0 Å². The lowest BCUT2D eigenvalue weighted by Crippen LogP contribution is -2.50. The molecule has 0 fully saturated rings. The van der Waals surface area contributed by atoms with E-state index < -0.39 is 17.5 Å². The van der Waals surface area contributed by atoms with Gasteiger partial charge in [0.05, 0.1) is 0 Å². The number of amides is 1. The highest BCUT2D eigenvalue weighted by molar-refractivity contribution is 5.87. The fraction of sp³-hybridized carbons (Fsp3) is 0.154. The molecule has 98 valence electrons. The molecule has 6 nitrogen and oxygen atoms in total. The Hall–Kier alpha value is -2.63. The number of nitrogens with one attached hydrogen (secondary N) is 1. The lowest BCUT2D eigenvalue weighted by Gasteiger charge is -2.26. The summed E-state index contributed by atoms with van der Waals surface area (Å²) in [6.07, 6.45) is 4.20. The second-order valence-electron chi connectivity index (χ2n) is 4.20. The molecule has 1 aromatic heterocycles. The summed E-state index contributed by atoms with van der Waals surface area (Å²) in [7, 11) is 0. The molecule has 0 aliphatic carbocycles. The van der Waals surface area contributed by atoms with Crippen molar-refractivity contribution >= 4 is 12.0 Å². The summed E-state index contributed by atoms with van der Waals surface area (Å²) in [4.78, 5) is 27.2. The average Bonchev–Trinajstić information content (AvgIpc) is 2.93. The first-order valence-electron chi connectivity index (χ1n) is 5.63. The zero-order valence-corrected chi connectivity index (χ0v) is 10.3. The number of hydrogen-bond acceptors (Lipinski definition) is 3. The number of benzene rings is 1. The Balaban J connectivity index is 2.31. The molecule has 0 saturated heterocycles. The topological polar surface area (TPSA) is 84.2 Å². The molecule has 2 aromatic rings. The number of rotatable bonds is 3. The third kappa shape index (κ3) is 2.47. The molecule has 0 unspecified atom stereocenters. The van der Waals surface area contributed by atoms with Gasteiger partial charge in [-0.15, -0.1) is 0 Å². The third-order valence-corrected chi connectivity index (χ3v) is 2.87. The highest BCUT2D eigenvalue weighted by atomic mass is 16.4. The molecule has 1 heterocycles. The largest absolute Gasteiger partial charge is 0.479 e. The molecule has 0 radical (unpaired) electrons. The summed E-state index contributed by atoms with van der Waals surface area (Å²) in [5.41, 5.74) is -1.00. The fourth-order valence-electron chi connectivity index (χ4n) is 1.68. The molecule has 1 atom stereocenters. The van der Waals surface area contributed by atoms with Crippen LogP contribution >= 0.6 is 0 Å². The summed E-state index contributed by atoms with van der Waals surface area (Å²) >= 11 is 0. The monoisotopic (exact) mass is 259 g/mol. The van der Waals surface area contributed by atoms with Gasteiger partial charge in [-0.05, 0) is 12.5 Å². The molecule has 2 rings (SSSR count). The number of aromatic nitrogens is 2. The lowest BCUT2D eigenvalue weighted by atomic mass is 9.92. The fourth-order valence-corrected chi connectivity index (χ4v) is 1.68. The van der Waals surface area contributed by atoms with Gasteiger partial charge in [0, 0.05) is 12.4 Å². The summed E-state index contributed by atoms with van der Waals surface area (Å²) < 4.78 is 1.18. The van der Waals surface area contributed by atoms with E-state index in [0.717, 1.165) is 0 Å². The van der Waals surface area contributed by atoms with Gasteiger partial charge in [-0.2, -0.15) is 0 Å². The maximum absolute atomic E-state index is 11.9. The Kier molecular flexibility index (Phi) is 3.33. The van der Waals surface area contributed by atoms with Crippen molar-refractivity contribution < 1.29 is 14.7 Å². The number of imidazole rings is 1. The van der Waals surface area contributed by atoms with E-state index in [1.54, 1.807) is 30.3 Å². The molecule has 0 bridgehead atoms. The van der Waals surface area contributed by atoms with Crippen LogP contribution in [0.4, 0.5) is 4.79 Å². The van der Waals surface area contributed by atoms with Crippen molar-refractivity contribution in [1.29, 1.82) is 0 Å². The molecule has 0 aliphatic heterocycles. The minimum atomic E-state index is -1.50. The van der Waals surface area contributed by atoms with E-state index in [0.29, 0.717) is 5.56 Å². The van der Waals surface area contributed by atoms with E-state index in [4.69, 9.17) is 0 Å². The predicted octanol–water partition coefficient (Wildman–Crippen LogP) is 1.44. The molecule has 2 N–H and O–H groups in total. The number of carboxylic acid groups (broad SMARTS) is 1. The van der Waals surface area contributed by atoms with Gasteiger partial charge in [0.1, 0.15) is 6.33 Å². The molecule has 0 saturated carbocycles. The van der Waals surface area contributed by atoms with Gasteiger partial charge in [-0.25, -0.2) is 14.6 Å². The number of carboxylic acids is 1. The van der Waals surface area contributed by atoms with E-state index in [2.05, 4.69) is 10.3 Å². The molecule has 1 amide bonds. The maximum Gasteiger partial charge on any atom is 0.333 e. The summed E-state index contributed by atoms with van der Waals surface area (Å²) in [5, 5.41) is 11.9. The molecular formula is C13H13N3O3. The van der Waals surface area contributed by atoms with Gasteiger partial charge in [0.25, 0.3) is 0 Å². The SMILES string of the molecule is C[C@](NC(=O)n1ccnc1)(C(=O)O)c1ccccc1. The van der Waals surface area contributed by atoms with Gasteiger partial charge in [-0.1, -0.05) is 30.3 Å². The quantitative estimate of drug-likeness (QED) is 0.873. The van der Waals surface area contributed by atoms with Crippen LogP contribution in [0.25, 0.3) is 0 Å². The Morgan fingerprint density at radius 3 is 2.53 bits per heavy atom. The molecule has 0 aliphatic rings. The van der Waals surface area contributed by atoms with E-state index >= 15 is 0 Å². The van der Waals surface area contributed by atoms with Crippen molar-refractivity contribution in [2.24, 2.45) is 0 Å². The number of carbonyl (C=O) groups excluding carboxylic acids is 1. The predicted molar refractivity (Wildman–Crippen MR) is 67.6 cm³/mol. The summed E-state index contributed by atoms with van der Waals surface area (Å²) in [5.74, 6) is -1.13. The number of carbonyl (C=O) groups is 2. The summed E-state index contributed by atoms with van der Waals surface area (Å²) in [6, 6.07) is 7.99. The van der Waals surface area contributed by atoms with Gasteiger partial charge < -0.3 is 10.4 Å². The van der Waals surface area contributed by atoms with E-state index in [9.17, 15) is 14.7 Å². The van der Waals surface area contributed by atoms with Crippen molar-refractivity contribution in [2.75, 3.05) is 0 Å². The van der Waals surface area contributed by atoms with Crippen LogP contribution in [0.15, 0.2) is 49.1 Å². The molecule has 1 aromatic carbocycles. The van der Waals surface area contributed by atoms with Gasteiger partial charge in [0.15, 0.2) is 5.54 Å². The first kappa shape index (κ1) is 12.8. The number of hydrogen-bond donors (Lipinski definition) is 2. The van der Waals surface area contributed by atoms with Crippen LogP contribution in [0, 0.1) is 0 Å². The smallest absolute Gasteiger partial charge is 0.333 e. The van der Waals surface area contributed by atoms with Crippen LogP contribution in [0.1, 0.15) is 12.5 Å². The lowest BCUT2D eigenvalue weighted by molar-refractivity contribution is -0.144. The molecule has 6 heteroatoms. The average molecular weight is 259 g/mol. The van der Waals surface area contributed by atoms with Crippen molar-refractivity contribution in [3.63, 3.8) is 0 Å². The van der Waals surface area contributed by atoms with Gasteiger partial charge >= 0.3 is 12.0 Å². The van der Waals surface area contributed by atoms with Crippen LogP contribution in [-0.2, 0) is 10.3 Å². The molecular weight excluding hydrogens is 246 g/mol. The van der Waals surface area contributed by atoms with Gasteiger partial charge in [0.2, 0.25) is 0 Å². The third-order valence-electron chi connectivity index (χ3n) is 2.87. The second-order valence-corrected chi connectivity index (χ2v) is 4.20. The van der Waals surface area contributed by atoms with Crippen LogP contribution in [0.5, 0.6) is 0 Å². The van der Waals surface area contributed by atoms with Crippen LogP contribution in [0.3, 0.4) is 0 Å². The van der Waals surface area contributed by atoms with Crippen molar-refractivity contribution in [2.45, 2.75) is 12.5 Å². The van der Waals surface area contributed by atoms with Crippen LogP contribution < -0.4 is 5.32 Å². The first-order valence-corrected chi connectivity index (χ1v) is 5.63. The Morgan fingerprint density at radius 1 is 1.32 bits per heavy atom. The number of nitrogens with zero attached hydrogens (tertiary/aromatic N) is 2. The molecule has 19 heavy (non-hydrogen) atoms. The van der Waals surface area contributed by atoms with Crippen LogP contribution in [0.2, 0.25) is 0 Å². The zero-order chi connectivity index (χ0) is 13.9. The first-order chi connectivity index (χ1) is 9.04. The van der Waals surface area contributed by atoms with E-state index in [-0.39, 0.29) is 0 Å². The Labute approximate surface area is 109 Å². The minimum absolute atomic E-state index is 0.496. The molecule has 0 spiro atoms. The second kappa shape index (κ2) is 4.93. The Morgan fingerprint density at radius 2 is 2.00 bits per heavy atom. The van der Waals surface area contributed by atoms with Crippen molar-refractivity contribution in [1.82, 2.24) is 14.9 Å². The highest BCUT2D eigenvalue weighted by Crippen LogP contribution is 2.21. The van der Waals surface area contributed by atoms with Crippen LogP contribution in [-0.4, -0.2) is 26.7 Å². The van der Waals surface area contributed by atoms with Gasteiger partial charge in [-0.3, -0.25) is 4.57 Å². The minimum Gasteiger partial charge on any atom is -0.479 e. The summed E-state index contributed by atoms with van der Waals surface area (Å²) in [6.45, 7) is 1.44. The normalized spacial score (nSPS) is 13.5.